The van der Waals surface area contributed by atoms with Crippen molar-refractivity contribution in [3.63, 3.8) is 0 Å². The number of esters is 1. The van der Waals surface area contributed by atoms with Gasteiger partial charge in [0.2, 0.25) is 0 Å². The van der Waals surface area contributed by atoms with Crippen LogP contribution < -0.4 is 0 Å². The standard InChI is InChI=1S/C9H7BrF3NO2/c1-16-8(15)4-6-5(9(11,12)13)2-3-7(10)14-6/h2-3H,4H2,1H3. The molecule has 1 heterocycles. The molecule has 0 bridgehead atoms. The average molecular weight is 298 g/mol. The van der Waals surface area contributed by atoms with Crippen LogP contribution in [0.25, 0.3) is 0 Å². The van der Waals surface area contributed by atoms with E-state index in [9.17, 15) is 18.0 Å². The van der Waals surface area contributed by atoms with Gasteiger partial charge in [-0.25, -0.2) is 4.98 Å². The van der Waals surface area contributed by atoms with Crippen molar-refractivity contribution in [2.75, 3.05) is 7.11 Å². The minimum Gasteiger partial charge on any atom is -0.469 e. The molecule has 0 aliphatic heterocycles. The molecule has 0 radical (unpaired) electrons. The summed E-state index contributed by atoms with van der Waals surface area (Å²) in [6.07, 6.45) is -5.04. The van der Waals surface area contributed by atoms with Crippen molar-refractivity contribution in [1.29, 1.82) is 0 Å². The van der Waals surface area contributed by atoms with Crippen LogP contribution in [0, 0.1) is 0 Å². The number of pyridine rings is 1. The fourth-order valence-electron chi connectivity index (χ4n) is 1.08. The molecule has 0 aliphatic carbocycles. The summed E-state index contributed by atoms with van der Waals surface area (Å²) >= 11 is 2.94. The van der Waals surface area contributed by atoms with Gasteiger partial charge < -0.3 is 4.74 Å². The highest BCUT2D eigenvalue weighted by Crippen LogP contribution is 2.32. The molecule has 0 spiro atoms. The van der Waals surface area contributed by atoms with E-state index in [-0.39, 0.29) is 10.3 Å². The maximum absolute atomic E-state index is 12.5. The second-order valence-electron chi connectivity index (χ2n) is 2.88. The molecule has 88 valence electrons. The molecule has 16 heavy (non-hydrogen) atoms. The number of ether oxygens (including phenoxy) is 1. The second-order valence-corrected chi connectivity index (χ2v) is 3.69. The first-order chi connectivity index (χ1) is 7.34. The topological polar surface area (TPSA) is 39.2 Å². The zero-order valence-corrected chi connectivity index (χ0v) is 9.72. The van der Waals surface area contributed by atoms with Gasteiger partial charge in [0.1, 0.15) is 4.60 Å². The Labute approximate surface area is 97.8 Å². The molecule has 0 amide bonds. The predicted molar refractivity (Wildman–Crippen MR) is 52.7 cm³/mol. The van der Waals surface area contributed by atoms with Crippen LogP contribution in [0.1, 0.15) is 11.3 Å². The number of alkyl halides is 3. The van der Waals surface area contributed by atoms with Gasteiger partial charge in [-0.05, 0) is 28.1 Å². The highest BCUT2D eigenvalue weighted by Gasteiger charge is 2.34. The molecule has 7 heteroatoms. The van der Waals surface area contributed by atoms with E-state index in [1.807, 2.05) is 0 Å². The number of hydrogen-bond acceptors (Lipinski definition) is 3. The quantitative estimate of drug-likeness (QED) is 0.622. The van der Waals surface area contributed by atoms with Gasteiger partial charge in [0.05, 0.1) is 24.8 Å². The molecule has 0 fully saturated rings. The third kappa shape index (κ3) is 3.19. The summed E-state index contributed by atoms with van der Waals surface area (Å²) in [5, 5.41) is 0. The lowest BCUT2D eigenvalue weighted by atomic mass is 10.1. The van der Waals surface area contributed by atoms with E-state index >= 15 is 0 Å². The SMILES string of the molecule is COC(=O)Cc1nc(Br)ccc1C(F)(F)F. The molecular formula is C9H7BrF3NO2. The molecule has 1 aromatic rings. The number of halogens is 4. The molecule has 1 aromatic heterocycles. The Morgan fingerprint density at radius 3 is 2.62 bits per heavy atom. The number of carbonyl (C=O) groups is 1. The van der Waals surface area contributed by atoms with E-state index < -0.39 is 24.1 Å². The van der Waals surface area contributed by atoms with Gasteiger partial charge in [-0.2, -0.15) is 13.2 Å². The average Bonchev–Trinajstić information content (AvgIpc) is 2.15. The van der Waals surface area contributed by atoms with Crippen molar-refractivity contribution in [3.05, 3.63) is 28.0 Å². The third-order valence-electron chi connectivity index (χ3n) is 1.79. The van der Waals surface area contributed by atoms with Gasteiger partial charge in [0, 0.05) is 0 Å². The molecule has 0 atom stereocenters. The van der Waals surface area contributed by atoms with Crippen LogP contribution in [-0.2, 0) is 22.1 Å². The van der Waals surface area contributed by atoms with Gasteiger partial charge in [0.15, 0.2) is 0 Å². The summed E-state index contributed by atoms with van der Waals surface area (Å²) in [4.78, 5) is 14.6. The van der Waals surface area contributed by atoms with E-state index in [1.165, 1.54) is 6.07 Å². The van der Waals surface area contributed by atoms with Crippen LogP contribution in [0.5, 0.6) is 0 Å². The number of rotatable bonds is 2. The molecular weight excluding hydrogens is 291 g/mol. The number of hydrogen-bond donors (Lipinski definition) is 0. The third-order valence-corrected chi connectivity index (χ3v) is 2.23. The lowest BCUT2D eigenvalue weighted by Gasteiger charge is -2.11. The van der Waals surface area contributed by atoms with E-state index in [4.69, 9.17) is 0 Å². The summed E-state index contributed by atoms with van der Waals surface area (Å²) in [7, 11) is 1.10. The van der Waals surface area contributed by atoms with Gasteiger partial charge in [-0.15, -0.1) is 0 Å². The lowest BCUT2D eigenvalue weighted by molar-refractivity contribution is -0.141. The van der Waals surface area contributed by atoms with Gasteiger partial charge in [0.25, 0.3) is 0 Å². The Balaban J connectivity index is 3.13. The van der Waals surface area contributed by atoms with Gasteiger partial charge in [-0.1, -0.05) is 0 Å². The minimum atomic E-state index is -4.53. The Morgan fingerprint density at radius 2 is 2.12 bits per heavy atom. The van der Waals surface area contributed by atoms with Crippen molar-refractivity contribution in [1.82, 2.24) is 4.98 Å². The van der Waals surface area contributed by atoms with Crippen LogP contribution in [0.2, 0.25) is 0 Å². The van der Waals surface area contributed by atoms with Crippen LogP contribution in [0.3, 0.4) is 0 Å². The van der Waals surface area contributed by atoms with Crippen molar-refractivity contribution in [3.8, 4) is 0 Å². The Kier molecular flexibility index (Phi) is 3.90. The van der Waals surface area contributed by atoms with Crippen molar-refractivity contribution >= 4 is 21.9 Å². The highest BCUT2D eigenvalue weighted by molar-refractivity contribution is 9.10. The maximum Gasteiger partial charge on any atom is 0.418 e. The van der Waals surface area contributed by atoms with Crippen LogP contribution in [0.4, 0.5) is 13.2 Å². The Hall–Kier alpha value is -1.11. The number of aromatic nitrogens is 1. The Bertz CT molecular complexity index is 406. The van der Waals surface area contributed by atoms with E-state index in [1.54, 1.807) is 0 Å². The first-order valence-corrected chi connectivity index (χ1v) is 4.93. The van der Waals surface area contributed by atoms with Crippen LogP contribution >= 0.6 is 15.9 Å². The number of nitrogens with zero attached hydrogens (tertiary/aromatic N) is 1. The lowest BCUT2D eigenvalue weighted by Crippen LogP contribution is -2.15. The van der Waals surface area contributed by atoms with E-state index in [2.05, 4.69) is 25.7 Å². The minimum absolute atomic E-state index is 0.236. The second kappa shape index (κ2) is 4.82. The van der Waals surface area contributed by atoms with Gasteiger partial charge >= 0.3 is 12.1 Å². The smallest absolute Gasteiger partial charge is 0.418 e. The molecule has 0 N–H and O–H groups in total. The van der Waals surface area contributed by atoms with E-state index in [0.29, 0.717) is 0 Å². The monoisotopic (exact) mass is 297 g/mol. The Morgan fingerprint density at radius 1 is 1.50 bits per heavy atom. The predicted octanol–water partition coefficient (Wildman–Crippen LogP) is 2.58. The first kappa shape index (κ1) is 13.0. The van der Waals surface area contributed by atoms with Crippen LogP contribution in [-0.4, -0.2) is 18.1 Å². The number of methoxy groups -OCH3 is 1. The zero-order valence-electron chi connectivity index (χ0n) is 8.14. The molecule has 0 saturated carbocycles. The summed E-state index contributed by atoms with van der Waals surface area (Å²) in [6.45, 7) is 0. The molecule has 0 saturated heterocycles. The molecule has 0 unspecified atom stereocenters. The fourth-order valence-corrected chi connectivity index (χ4v) is 1.42. The largest absolute Gasteiger partial charge is 0.469 e. The van der Waals surface area contributed by atoms with Crippen molar-refractivity contribution in [2.24, 2.45) is 0 Å². The summed E-state index contributed by atoms with van der Waals surface area (Å²) in [5.74, 6) is -0.768. The highest BCUT2D eigenvalue weighted by atomic mass is 79.9. The van der Waals surface area contributed by atoms with Crippen molar-refractivity contribution in [2.45, 2.75) is 12.6 Å². The molecule has 0 aromatic carbocycles. The normalized spacial score (nSPS) is 11.3. The summed E-state index contributed by atoms with van der Waals surface area (Å²) in [5.41, 5.74) is -1.28. The maximum atomic E-state index is 12.5. The molecule has 3 nitrogen and oxygen atoms in total. The fraction of sp³-hybridized carbons (Fsp3) is 0.333. The van der Waals surface area contributed by atoms with Crippen LogP contribution in [0.15, 0.2) is 16.7 Å². The molecule has 0 aliphatic rings. The van der Waals surface area contributed by atoms with E-state index in [0.717, 1.165) is 13.2 Å². The van der Waals surface area contributed by atoms with Gasteiger partial charge in [-0.3, -0.25) is 4.79 Å². The summed E-state index contributed by atoms with van der Waals surface area (Å²) < 4.78 is 42.1. The summed E-state index contributed by atoms with van der Waals surface area (Å²) in [6, 6.07) is 2.04. The number of carbonyl (C=O) groups excluding carboxylic acids is 1. The van der Waals surface area contributed by atoms with Crippen molar-refractivity contribution < 1.29 is 22.7 Å². The molecule has 1 rings (SSSR count). The first-order valence-electron chi connectivity index (χ1n) is 4.14. The zero-order chi connectivity index (χ0) is 12.3.